The van der Waals surface area contributed by atoms with Crippen LogP contribution in [0.1, 0.15) is 19.3 Å². The minimum absolute atomic E-state index is 0.115. The van der Waals surface area contributed by atoms with Crippen molar-refractivity contribution >= 4 is 35.2 Å². The van der Waals surface area contributed by atoms with E-state index >= 15 is 0 Å². The SMILES string of the molecule is C=CCOC(=O)N1CCC(N2CC[C@@H]([P+](c3ccccc3)(c3ccccc3)c3ccccc3)C2=O)CC1. The van der Waals surface area contributed by atoms with Crippen LogP contribution in [0.3, 0.4) is 0 Å². The normalized spacial score (nSPS) is 18.6. The topological polar surface area (TPSA) is 49.9 Å². The van der Waals surface area contributed by atoms with E-state index in [9.17, 15) is 9.59 Å². The standard InChI is InChI=1S/C31H34N2O3P/c1-2-24-36-31(35)32-21-18-25(19-22-32)33-23-20-29(30(33)34)37(26-12-6-3-7-13-26,27-14-8-4-9-15-27)28-16-10-5-11-17-28/h2-17,25,29H,1,18-24H2/q+1/t29-/m1/s1. The number of hydrogen-bond donors (Lipinski definition) is 0. The lowest BCUT2D eigenvalue weighted by atomic mass is 10.0. The summed E-state index contributed by atoms with van der Waals surface area (Å²) in [5.41, 5.74) is -0.115. The Kier molecular flexibility index (Phi) is 7.71. The maximum absolute atomic E-state index is 14.4. The molecule has 2 amide bonds. The van der Waals surface area contributed by atoms with Crippen LogP contribution in [-0.4, -0.2) is 59.7 Å². The van der Waals surface area contributed by atoms with Crippen molar-refractivity contribution in [2.45, 2.75) is 31.0 Å². The van der Waals surface area contributed by atoms with Gasteiger partial charge in [-0.25, -0.2) is 4.79 Å². The Morgan fingerprint density at radius 2 is 1.30 bits per heavy atom. The first kappa shape index (κ1) is 25.2. The summed E-state index contributed by atoms with van der Waals surface area (Å²) in [6.45, 7) is 5.78. The van der Waals surface area contributed by atoms with E-state index in [1.165, 1.54) is 15.9 Å². The van der Waals surface area contributed by atoms with E-state index in [1.807, 2.05) is 18.2 Å². The van der Waals surface area contributed by atoms with Gasteiger partial charge >= 0.3 is 6.09 Å². The molecule has 5 nitrogen and oxygen atoms in total. The minimum Gasteiger partial charge on any atom is -0.445 e. The van der Waals surface area contributed by atoms with Gasteiger partial charge < -0.3 is 14.5 Å². The van der Waals surface area contributed by atoms with Crippen molar-refractivity contribution < 1.29 is 14.3 Å². The second-order valence-electron chi connectivity index (χ2n) is 9.65. The first-order valence-corrected chi connectivity index (χ1v) is 14.9. The lowest BCUT2D eigenvalue weighted by Crippen LogP contribution is -2.49. The number of ether oxygens (including phenoxy) is 1. The lowest BCUT2D eigenvalue weighted by Gasteiger charge is -2.37. The van der Waals surface area contributed by atoms with Crippen LogP contribution >= 0.6 is 7.26 Å². The van der Waals surface area contributed by atoms with Crippen molar-refractivity contribution in [2.24, 2.45) is 0 Å². The molecular formula is C31H34N2O3P+. The van der Waals surface area contributed by atoms with Gasteiger partial charge in [0.2, 0.25) is 0 Å². The molecule has 5 rings (SSSR count). The molecule has 2 saturated heterocycles. The van der Waals surface area contributed by atoms with Crippen LogP contribution in [-0.2, 0) is 9.53 Å². The van der Waals surface area contributed by atoms with Gasteiger partial charge in [-0.2, -0.15) is 0 Å². The van der Waals surface area contributed by atoms with E-state index in [-0.39, 0.29) is 30.3 Å². The van der Waals surface area contributed by atoms with E-state index in [0.29, 0.717) is 13.1 Å². The Morgan fingerprint density at radius 3 is 1.76 bits per heavy atom. The van der Waals surface area contributed by atoms with Crippen molar-refractivity contribution in [1.29, 1.82) is 0 Å². The average Bonchev–Trinajstić information content (AvgIpc) is 3.35. The number of hydrogen-bond acceptors (Lipinski definition) is 3. The van der Waals surface area contributed by atoms with E-state index < -0.39 is 7.26 Å². The third-order valence-electron chi connectivity index (χ3n) is 7.66. The third-order valence-corrected chi connectivity index (χ3v) is 12.4. The van der Waals surface area contributed by atoms with Crippen LogP contribution < -0.4 is 15.9 Å². The fourth-order valence-corrected chi connectivity index (χ4v) is 10.9. The predicted octanol–water partition coefficient (Wildman–Crippen LogP) is 4.37. The van der Waals surface area contributed by atoms with Crippen LogP contribution in [0.4, 0.5) is 4.79 Å². The molecule has 0 N–H and O–H groups in total. The minimum atomic E-state index is -2.27. The summed E-state index contributed by atoms with van der Waals surface area (Å²) in [6.07, 6.45) is 3.65. The van der Waals surface area contributed by atoms with Crippen molar-refractivity contribution in [2.75, 3.05) is 26.2 Å². The summed E-state index contributed by atoms with van der Waals surface area (Å²) in [6, 6.07) is 32.1. The maximum atomic E-state index is 14.4. The Labute approximate surface area is 220 Å². The van der Waals surface area contributed by atoms with E-state index in [1.54, 1.807) is 11.0 Å². The number of carbonyl (C=O) groups is 2. The second kappa shape index (κ2) is 11.3. The quantitative estimate of drug-likeness (QED) is 0.348. The number of likely N-dealkylation sites (tertiary alicyclic amines) is 2. The van der Waals surface area contributed by atoms with Crippen molar-refractivity contribution in [3.05, 3.63) is 104 Å². The van der Waals surface area contributed by atoms with Gasteiger partial charge in [0.1, 0.15) is 29.8 Å². The fourth-order valence-electron chi connectivity index (χ4n) is 5.97. The summed E-state index contributed by atoms with van der Waals surface area (Å²) in [5.74, 6) is 0.248. The van der Waals surface area contributed by atoms with E-state index in [0.717, 1.165) is 25.8 Å². The van der Waals surface area contributed by atoms with Gasteiger partial charge in [-0.3, -0.25) is 4.79 Å². The van der Waals surface area contributed by atoms with Crippen molar-refractivity contribution in [3.8, 4) is 0 Å². The number of rotatable bonds is 7. The van der Waals surface area contributed by atoms with Crippen LogP contribution in [0.2, 0.25) is 0 Å². The molecule has 0 aromatic heterocycles. The molecule has 2 aliphatic rings. The Balaban J connectivity index is 1.48. The smallest absolute Gasteiger partial charge is 0.410 e. The van der Waals surface area contributed by atoms with Crippen LogP contribution in [0.15, 0.2) is 104 Å². The molecule has 6 heteroatoms. The fraction of sp³-hybridized carbons (Fsp3) is 0.290. The number of benzene rings is 3. The lowest BCUT2D eigenvalue weighted by molar-refractivity contribution is -0.130. The largest absolute Gasteiger partial charge is 0.445 e. The van der Waals surface area contributed by atoms with Crippen LogP contribution in [0.25, 0.3) is 0 Å². The molecule has 37 heavy (non-hydrogen) atoms. The highest BCUT2D eigenvalue weighted by Gasteiger charge is 2.59. The summed E-state index contributed by atoms with van der Waals surface area (Å²) < 4.78 is 5.21. The Morgan fingerprint density at radius 1 is 0.811 bits per heavy atom. The monoisotopic (exact) mass is 513 g/mol. The zero-order valence-corrected chi connectivity index (χ0v) is 22.0. The molecule has 1 atom stereocenters. The second-order valence-corrected chi connectivity index (χ2v) is 13.3. The molecule has 2 fully saturated rings. The third kappa shape index (κ3) is 4.81. The van der Waals surface area contributed by atoms with Crippen molar-refractivity contribution in [1.82, 2.24) is 9.80 Å². The highest BCUT2D eigenvalue weighted by Crippen LogP contribution is 2.62. The summed E-state index contributed by atoms with van der Waals surface area (Å²) in [7, 11) is -2.27. The van der Waals surface area contributed by atoms with Gasteiger partial charge in [0.25, 0.3) is 5.91 Å². The molecule has 2 aliphatic heterocycles. The predicted molar refractivity (Wildman–Crippen MR) is 151 cm³/mol. The molecule has 0 bridgehead atoms. The Hall–Kier alpha value is -3.43. The number of amides is 2. The maximum Gasteiger partial charge on any atom is 0.410 e. The highest BCUT2D eigenvalue weighted by atomic mass is 31.2. The molecule has 0 radical (unpaired) electrons. The molecule has 190 valence electrons. The zero-order valence-electron chi connectivity index (χ0n) is 21.1. The molecule has 0 unspecified atom stereocenters. The average molecular weight is 514 g/mol. The van der Waals surface area contributed by atoms with Crippen LogP contribution in [0, 0.1) is 0 Å². The number of piperidine rings is 1. The molecular weight excluding hydrogens is 479 g/mol. The van der Waals surface area contributed by atoms with Crippen molar-refractivity contribution in [3.63, 3.8) is 0 Å². The first-order valence-electron chi connectivity index (χ1n) is 13.0. The Bertz CT molecular complexity index is 1110. The summed E-state index contributed by atoms with van der Waals surface area (Å²) in [4.78, 5) is 30.5. The van der Waals surface area contributed by atoms with Gasteiger partial charge in [0, 0.05) is 32.1 Å². The van der Waals surface area contributed by atoms with Gasteiger partial charge in [0.05, 0.1) is 0 Å². The van der Waals surface area contributed by atoms with E-state index in [4.69, 9.17) is 4.74 Å². The molecule has 3 aromatic carbocycles. The summed E-state index contributed by atoms with van der Waals surface area (Å²) >= 11 is 0. The zero-order chi connectivity index (χ0) is 25.7. The molecule has 0 aliphatic carbocycles. The molecule has 2 heterocycles. The molecule has 3 aromatic rings. The number of carbonyl (C=O) groups excluding carboxylic acids is 2. The van der Waals surface area contributed by atoms with Gasteiger partial charge in [-0.05, 0) is 49.2 Å². The molecule has 0 spiro atoms. The number of nitrogens with zero attached hydrogens (tertiary/aromatic N) is 2. The van der Waals surface area contributed by atoms with Gasteiger partial charge in [-0.1, -0.05) is 67.3 Å². The highest BCUT2D eigenvalue weighted by molar-refractivity contribution is 7.96. The van der Waals surface area contributed by atoms with Gasteiger partial charge in [-0.15, -0.1) is 0 Å². The first-order chi connectivity index (χ1) is 18.2. The summed E-state index contributed by atoms with van der Waals surface area (Å²) in [5, 5.41) is 3.73. The van der Waals surface area contributed by atoms with Crippen LogP contribution in [0.5, 0.6) is 0 Å². The van der Waals surface area contributed by atoms with Gasteiger partial charge in [0.15, 0.2) is 5.66 Å². The van der Waals surface area contributed by atoms with E-state index in [2.05, 4.69) is 84.3 Å². The molecule has 0 saturated carbocycles.